The Labute approximate surface area is 249 Å². The van der Waals surface area contributed by atoms with Gasteiger partial charge in [0.05, 0.1) is 55.8 Å². The average Bonchev–Trinajstić information content (AvgIpc) is 3.40. The summed E-state index contributed by atoms with van der Waals surface area (Å²) in [6, 6.07) is 31.6. The van der Waals surface area contributed by atoms with E-state index in [0.29, 0.717) is 23.2 Å². The van der Waals surface area contributed by atoms with Crippen LogP contribution in [0.15, 0.2) is 107 Å². The molecule has 9 nitrogen and oxygen atoms in total. The van der Waals surface area contributed by atoms with E-state index in [1.807, 2.05) is 96.5 Å². The highest BCUT2D eigenvalue weighted by atomic mass is 16.5. The van der Waals surface area contributed by atoms with Gasteiger partial charge in [0.2, 0.25) is 0 Å². The van der Waals surface area contributed by atoms with E-state index in [9.17, 15) is 0 Å². The molecule has 0 saturated carbocycles. The van der Waals surface area contributed by atoms with E-state index in [0.717, 1.165) is 51.1 Å². The molecular weight excluding hydrogens is 540 g/mol. The molecule has 214 valence electrons. The zero-order chi connectivity index (χ0) is 29.5. The number of fused-ring (bicyclic) bond motifs is 4. The molecule has 0 amide bonds. The number of rotatable bonds is 6. The van der Waals surface area contributed by atoms with Crippen molar-refractivity contribution >= 4 is 34.6 Å². The Kier molecular flexibility index (Phi) is 6.54. The minimum atomic E-state index is -0.303. The Balaban J connectivity index is 1.50. The number of ether oxygens (including phenoxy) is 3. The van der Waals surface area contributed by atoms with Crippen LogP contribution in [0.5, 0.6) is 17.2 Å². The number of hydrogen-bond donors (Lipinski definition) is 1. The SMILES string of the molecule is COc1ccc(NC2=Nc3ccccc3N3C2=Nc2c(c(C)nn2-c2ccccc2)[C@@H]3c2ccccc2OC)c(OC)c1. The van der Waals surface area contributed by atoms with Gasteiger partial charge in [-0.15, -0.1) is 0 Å². The molecule has 0 saturated heterocycles. The van der Waals surface area contributed by atoms with Crippen LogP contribution in [-0.2, 0) is 0 Å². The molecule has 0 spiro atoms. The second kappa shape index (κ2) is 10.7. The number of nitrogens with one attached hydrogen (secondary N) is 1. The molecule has 3 heterocycles. The van der Waals surface area contributed by atoms with E-state index >= 15 is 0 Å². The van der Waals surface area contributed by atoms with Crippen molar-refractivity contribution in [3.05, 3.63) is 114 Å². The van der Waals surface area contributed by atoms with Gasteiger partial charge in [-0.05, 0) is 49.4 Å². The van der Waals surface area contributed by atoms with Crippen molar-refractivity contribution in [3.63, 3.8) is 0 Å². The van der Waals surface area contributed by atoms with E-state index in [2.05, 4.69) is 22.3 Å². The maximum absolute atomic E-state index is 5.92. The van der Waals surface area contributed by atoms with Crippen molar-refractivity contribution in [1.29, 1.82) is 0 Å². The number of amidine groups is 2. The summed E-state index contributed by atoms with van der Waals surface area (Å²) in [5.74, 6) is 4.05. The van der Waals surface area contributed by atoms with Gasteiger partial charge in [-0.25, -0.2) is 14.7 Å². The summed E-state index contributed by atoms with van der Waals surface area (Å²) in [5.41, 5.74) is 6.26. The number of aliphatic imine (C=N–C) groups is 2. The second-order valence-corrected chi connectivity index (χ2v) is 10.2. The first-order valence-corrected chi connectivity index (χ1v) is 13.9. The molecule has 2 aliphatic rings. The molecular formula is C34H30N6O3. The Morgan fingerprint density at radius 3 is 2.28 bits per heavy atom. The van der Waals surface area contributed by atoms with Gasteiger partial charge in [0.15, 0.2) is 17.5 Å². The number of nitrogens with zero attached hydrogens (tertiary/aromatic N) is 5. The summed E-state index contributed by atoms with van der Waals surface area (Å²) in [6.45, 7) is 2.03. The van der Waals surface area contributed by atoms with Gasteiger partial charge in [-0.2, -0.15) is 5.10 Å². The number of anilines is 2. The lowest BCUT2D eigenvalue weighted by molar-refractivity contribution is 0.395. The van der Waals surface area contributed by atoms with Crippen molar-refractivity contribution in [2.24, 2.45) is 9.98 Å². The van der Waals surface area contributed by atoms with E-state index < -0.39 is 0 Å². The number of aromatic nitrogens is 2. The number of hydrogen-bond acceptors (Lipinski definition) is 8. The summed E-state index contributed by atoms with van der Waals surface area (Å²) in [4.78, 5) is 12.6. The highest BCUT2D eigenvalue weighted by molar-refractivity contribution is 6.51. The maximum atomic E-state index is 5.92. The standard InChI is InChI=1S/C34H30N6O3/c1-21-30-31(24-14-8-11-17-28(24)42-3)39-27-16-10-9-15-25(27)35-32(36-26-19-18-23(41-2)20-29(26)43-4)34(39)37-33(30)40(38-21)22-12-6-5-7-13-22/h5-20,31H,1-4H3,(H,35,36)/t31-/m0/s1. The van der Waals surface area contributed by atoms with Crippen LogP contribution in [0.2, 0.25) is 0 Å². The van der Waals surface area contributed by atoms with Gasteiger partial charge < -0.3 is 24.4 Å². The van der Waals surface area contributed by atoms with Crippen molar-refractivity contribution in [2.75, 3.05) is 31.5 Å². The molecule has 1 N–H and O–H groups in total. The van der Waals surface area contributed by atoms with Gasteiger partial charge in [-0.1, -0.05) is 48.5 Å². The topological polar surface area (TPSA) is 85.5 Å². The summed E-state index contributed by atoms with van der Waals surface area (Å²) in [5, 5.41) is 8.54. The summed E-state index contributed by atoms with van der Waals surface area (Å²) < 4.78 is 19.0. The Morgan fingerprint density at radius 2 is 1.49 bits per heavy atom. The maximum Gasteiger partial charge on any atom is 0.179 e. The van der Waals surface area contributed by atoms with Crippen LogP contribution in [0.1, 0.15) is 22.9 Å². The predicted octanol–water partition coefficient (Wildman–Crippen LogP) is 7.00. The summed E-state index contributed by atoms with van der Waals surface area (Å²) in [6.07, 6.45) is 0. The fraction of sp³-hybridized carbons (Fsp3) is 0.147. The third kappa shape index (κ3) is 4.37. The fourth-order valence-corrected chi connectivity index (χ4v) is 5.76. The van der Waals surface area contributed by atoms with Crippen molar-refractivity contribution < 1.29 is 14.2 Å². The van der Waals surface area contributed by atoms with E-state index in [4.69, 9.17) is 29.3 Å². The van der Waals surface area contributed by atoms with Crippen LogP contribution < -0.4 is 24.4 Å². The molecule has 7 rings (SSSR count). The fourth-order valence-electron chi connectivity index (χ4n) is 5.76. The minimum Gasteiger partial charge on any atom is -0.497 e. The molecule has 9 heteroatoms. The minimum absolute atomic E-state index is 0.303. The van der Waals surface area contributed by atoms with Crippen LogP contribution in [-0.4, -0.2) is 42.8 Å². The zero-order valence-corrected chi connectivity index (χ0v) is 24.3. The second-order valence-electron chi connectivity index (χ2n) is 10.2. The van der Waals surface area contributed by atoms with Crippen molar-refractivity contribution in [2.45, 2.75) is 13.0 Å². The molecule has 2 aliphatic heterocycles. The first-order valence-electron chi connectivity index (χ1n) is 13.9. The smallest absolute Gasteiger partial charge is 0.179 e. The quantitative estimate of drug-likeness (QED) is 0.237. The monoisotopic (exact) mass is 570 g/mol. The first kappa shape index (κ1) is 26.3. The lowest BCUT2D eigenvalue weighted by atomic mass is 9.92. The van der Waals surface area contributed by atoms with Gasteiger partial charge in [0.1, 0.15) is 17.2 Å². The van der Waals surface area contributed by atoms with Crippen LogP contribution in [0.4, 0.5) is 22.9 Å². The number of para-hydroxylation sites is 4. The summed E-state index contributed by atoms with van der Waals surface area (Å²) >= 11 is 0. The van der Waals surface area contributed by atoms with Crippen LogP contribution in [0.25, 0.3) is 5.69 Å². The molecule has 43 heavy (non-hydrogen) atoms. The molecule has 5 aromatic rings. The molecule has 0 aliphatic carbocycles. The molecule has 0 unspecified atom stereocenters. The lowest BCUT2D eigenvalue weighted by Crippen LogP contribution is -2.46. The number of benzene rings is 4. The van der Waals surface area contributed by atoms with Crippen LogP contribution in [0.3, 0.4) is 0 Å². The largest absolute Gasteiger partial charge is 0.497 e. The Hall–Kier alpha value is -5.57. The Bertz CT molecular complexity index is 1900. The lowest BCUT2D eigenvalue weighted by Gasteiger charge is -2.41. The molecule has 0 radical (unpaired) electrons. The van der Waals surface area contributed by atoms with Gasteiger partial charge >= 0.3 is 0 Å². The third-order valence-electron chi connectivity index (χ3n) is 7.73. The summed E-state index contributed by atoms with van der Waals surface area (Å²) in [7, 11) is 4.96. The molecule has 1 aromatic heterocycles. The highest BCUT2D eigenvalue weighted by Gasteiger charge is 2.42. The average molecular weight is 571 g/mol. The third-order valence-corrected chi connectivity index (χ3v) is 7.73. The van der Waals surface area contributed by atoms with Crippen LogP contribution >= 0.6 is 0 Å². The Morgan fingerprint density at radius 1 is 0.744 bits per heavy atom. The molecule has 4 aromatic carbocycles. The zero-order valence-electron chi connectivity index (χ0n) is 24.3. The number of aryl methyl sites for hydroxylation is 1. The van der Waals surface area contributed by atoms with Crippen molar-refractivity contribution in [3.8, 4) is 22.9 Å². The molecule has 1 atom stereocenters. The van der Waals surface area contributed by atoms with Gasteiger partial charge in [0.25, 0.3) is 0 Å². The molecule has 0 fully saturated rings. The highest BCUT2D eigenvalue weighted by Crippen LogP contribution is 2.50. The number of methoxy groups -OCH3 is 3. The van der Waals surface area contributed by atoms with Gasteiger partial charge in [0, 0.05) is 17.2 Å². The normalized spacial score (nSPS) is 15.0. The van der Waals surface area contributed by atoms with E-state index in [-0.39, 0.29) is 6.04 Å². The van der Waals surface area contributed by atoms with Gasteiger partial charge in [-0.3, -0.25) is 0 Å². The van der Waals surface area contributed by atoms with E-state index in [1.54, 1.807) is 21.3 Å². The van der Waals surface area contributed by atoms with Crippen molar-refractivity contribution in [1.82, 2.24) is 9.78 Å². The predicted molar refractivity (Wildman–Crippen MR) is 169 cm³/mol. The van der Waals surface area contributed by atoms with E-state index in [1.165, 1.54) is 0 Å². The van der Waals surface area contributed by atoms with Crippen LogP contribution in [0, 0.1) is 6.92 Å². The first-order chi connectivity index (χ1) is 21.1. The molecule has 0 bridgehead atoms.